The van der Waals surface area contributed by atoms with Crippen LogP contribution in [0.4, 0.5) is 5.13 Å². The van der Waals surface area contributed by atoms with Crippen molar-refractivity contribution < 1.29 is 0 Å². The van der Waals surface area contributed by atoms with Crippen molar-refractivity contribution in [3.05, 3.63) is 41.5 Å². The zero-order chi connectivity index (χ0) is 16.9. The van der Waals surface area contributed by atoms with Crippen LogP contribution in [0.25, 0.3) is 16.0 Å². The summed E-state index contributed by atoms with van der Waals surface area (Å²) in [6, 6.07) is 6.16. The fraction of sp³-hybridized carbons (Fsp3) is 0.353. The Bertz CT molecular complexity index is 985. The van der Waals surface area contributed by atoms with Crippen molar-refractivity contribution in [1.82, 2.24) is 24.6 Å². The molecule has 0 fully saturated rings. The van der Waals surface area contributed by atoms with E-state index in [9.17, 15) is 0 Å². The van der Waals surface area contributed by atoms with Crippen LogP contribution in [-0.4, -0.2) is 24.6 Å². The monoisotopic (exact) mass is 340 g/mol. The van der Waals surface area contributed by atoms with E-state index in [1.807, 2.05) is 22.8 Å². The SMILES string of the molecule is Cc1cccc2[nH]c(CNc3nn4cc(C(C)(C)C)nc4s3)nc12. The number of aromatic nitrogens is 5. The van der Waals surface area contributed by atoms with Crippen molar-refractivity contribution in [3.63, 3.8) is 0 Å². The van der Waals surface area contributed by atoms with Gasteiger partial charge in [-0.2, -0.15) is 0 Å². The van der Waals surface area contributed by atoms with E-state index in [-0.39, 0.29) is 5.41 Å². The molecule has 0 saturated carbocycles. The Morgan fingerprint density at radius 3 is 2.79 bits per heavy atom. The largest absolute Gasteiger partial charge is 0.353 e. The number of hydrogen-bond acceptors (Lipinski definition) is 5. The second-order valence-corrected chi connectivity index (χ2v) is 7.97. The van der Waals surface area contributed by atoms with Crippen molar-refractivity contribution in [3.8, 4) is 0 Å². The highest BCUT2D eigenvalue weighted by Crippen LogP contribution is 2.26. The minimum absolute atomic E-state index is 0.0349. The van der Waals surface area contributed by atoms with Gasteiger partial charge in [0.25, 0.3) is 0 Å². The number of benzene rings is 1. The molecule has 0 aliphatic rings. The fourth-order valence-electron chi connectivity index (χ4n) is 2.60. The second kappa shape index (κ2) is 5.31. The lowest BCUT2D eigenvalue weighted by atomic mass is 9.93. The summed E-state index contributed by atoms with van der Waals surface area (Å²) in [5.74, 6) is 0.905. The summed E-state index contributed by atoms with van der Waals surface area (Å²) in [4.78, 5) is 13.6. The van der Waals surface area contributed by atoms with Gasteiger partial charge in [0.15, 0.2) is 0 Å². The molecule has 6 nitrogen and oxygen atoms in total. The van der Waals surface area contributed by atoms with Gasteiger partial charge in [-0.1, -0.05) is 44.2 Å². The number of hydrogen-bond donors (Lipinski definition) is 2. The van der Waals surface area contributed by atoms with Crippen molar-refractivity contribution >= 4 is 32.5 Å². The van der Waals surface area contributed by atoms with Gasteiger partial charge < -0.3 is 10.3 Å². The molecule has 4 rings (SSSR count). The first-order chi connectivity index (χ1) is 11.4. The van der Waals surface area contributed by atoms with Crippen molar-refractivity contribution in [2.75, 3.05) is 5.32 Å². The van der Waals surface area contributed by atoms with Gasteiger partial charge in [0.1, 0.15) is 5.82 Å². The Labute approximate surface area is 144 Å². The van der Waals surface area contributed by atoms with Crippen LogP contribution in [0.5, 0.6) is 0 Å². The van der Waals surface area contributed by atoms with Crippen LogP contribution in [0, 0.1) is 6.92 Å². The summed E-state index contributed by atoms with van der Waals surface area (Å²) < 4.78 is 1.84. The fourth-order valence-corrected chi connectivity index (χ4v) is 3.38. The first-order valence-corrected chi connectivity index (χ1v) is 8.76. The van der Waals surface area contributed by atoms with Crippen molar-refractivity contribution in [2.45, 2.75) is 39.7 Å². The molecule has 3 aromatic heterocycles. The number of nitrogens with zero attached hydrogens (tertiary/aromatic N) is 4. The van der Waals surface area contributed by atoms with Gasteiger partial charge in [-0.3, -0.25) is 0 Å². The van der Waals surface area contributed by atoms with Crippen LogP contribution in [-0.2, 0) is 12.0 Å². The van der Waals surface area contributed by atoms with Crippen molar-refractivity contribution in [1.29, 1.82) is 0 Å². The maximum Gasteiger partial charge on any atom is 0.214 e. The van der Waals surface area contributed by atoms with Gasteiger partial charge in [-0.05, 0) is 18.6 Å². The predicted octanol–water partition coefficient (Wildman–Crippen LogP) is 3.89. The average molecular weight is 340 g/mol. The number of aryl methyl sites for hydroxylation is 1. The molecule has 0 bridgehead atoms. The minimum Gasteiger partial charge on any atom is -0.353 e. The summed E-state index contributed by atoms with van der Waals surface area (Å²) in [6.07, 6.45) is 2.00. The van der Waals surface area contributed by atoms with Crippen LogP contribution in [0.1, 0.15) is 37.9 Å². The molecule has 0 unspecified atom stereocenters. The normalized spacial score (nSPS) is 12.3. The Morgan fingerprint density at radius 2 is 2.08 bits per heavy atom. The standard InChI is InChI=1S/C17H20N6S/c1-10-6-5-7-11-14(10)21-13(19-11)8-18-15-22-23-9-12(17(2,3)4)20-16(23)24-15/h5-7,9H,8H2,1-4H3,(H,18,22)(H,19,21). The van der Waals surface area contributed by atoms with Gasteiger partial charge in [-0.25, -0.2) is 14.5 Å². The Morgan fingerprint density at radius 1 is 1.25 bits per heavy atom. The highest BCUT2D eigenvalue weighted by molar-refractivity contribution is 7.20. The van der Waals surface area contributed by atoms with E-state index >= 15 is 0 Å². The molecule has 1 aromatic carbocycles. The summed E-state index contributed by atoms with van der Waals surface area (Å²) in [5.41, 5.74) is 4.36. The molecule has 0 radical (unpaired) electrons. The van der Waals surface area contributed by atoms with E-state index in [1.165, 1.54) is 5.56 Å². The second-order valence-electron chi connectivity index (χ2n) is 7.02. The number of para-hydroxylation sites is 1. The molecule has 0 amide bonds. The lowest BCUT2D eigenvalue weighted by Crippen LogP contribution is -2.11. The number of nitrogens with one attached hydrogen (secondary N) is 2. The van der Waals surface area contributed by atoms with Gasteiger partial charge in [0.2, 0.25) is 10.1 Å². The van der Waals surface area contributed by atoms with E-state index in [4.69, 9.17) is 0 Å². The zero-order valence-electron chi connectivity index (χ0n) is 14.2. The lowest BCUT2D eigenvalue weighted by Gasteiger charge is -2.13. The topological polar surface area (TPSA) is 70.9 Å². The average Bonchev–Trinajstić information content (AvgIpc) is 3.16. The predicted molar refractivity (Wildman–Crippen MR) is 97.7 cm³/mol. The summed E-state index contributed by atoms with van der Waals surface area (Å²) in [5, 5.41) is 8.72. The van der Waals surface area contributed by atoms with Crippen molar-refractivity contribution in [2.24, 2.45) is 0 Å². The number of fused-ring (bicyclic) bond motifs is 2. The lowest BCUT2D eigenvalue weighted by molar-refractivity contribution is 0.572. The molecule has 0 saturated heterocycles. The van der Waals surface area contributed by atoms with Gasteiger partial charge in [-0.15, -0.1) is 5.10 Å². The van der Waals surface area contributed by atoms with Crippen LogP contribution in [0.2, 0.25) is 0 Å². The third kappa shape index (κ3) is 2.65. The number of aromatic amines is 1. The maximum atomic E-state index is 4.66. The molecule has 2 N–H and O–H groups in total. The Kier molecular flexibility index (Phi) is 3.35. The molecule has 124 valence electrons. The van der Waals surface area contributed by atoms with E-state index in [2.05, 4.69) is 59.1 Å². The molecular formula is C17H20N6S. The molecule has 7 heteroatoms. The molecule has 0 spiro atoms. The molecule has 0 atom stereocenters. The highest BCUT2D eigenvalue weighted by atomic mass is 32.1. The Hall–Kier alpha value is -2.41. The van der Waals surface area contributed by atoms with E-state index in [1.54, 1.807) is 11.3 Å². The summed E-state index contributed by atoms with van der Waals surface area (Å²) >= 11 is 1.55. The third-order valence-electron chi connectivity index (χ3n) is 3.98. The molecule has 24 heavy (non-hydrogen) atoms. The maximum absolute atomic E-state index is 4.66. The van der Waals surface area contributed by atoms with Crippen LogP contribution >= 0.6 is 11.3 Å². The van der Waals surface area contributed by atoms with E-state index < -0.39 is 0 Å². The van der Waals surface area contributed by atoms with Gasteiger partial charge in [0, 0.05) is 5.41 Å². The van der Waals surface area contributed by atoms with E-state index in [0.717, 1.165) is 32.6 Å². The third-order valence-corrected chi connectivity index (χ3v) is 4.86. The smallest absolute Gasteiger partial charge is 0.214 e. The number of anilines is 1. The van der Waals surface area contributed by atoms with Crippen LogP contribution < -0.4 is 5.32 Å². The first kappa shape index (κ1) is 15.1. The Balaban J connectivity index is 1.53. The summed E-state index contributed by atoms with van der Waals surface area (Å²) in [6.45, 7) is 9.15. The number of H-pyrrole nitrogens is 1. The highest BCUT2D eigenvalue weighted by Gasteiger charge is 2.19. The number of rotatable bonds is 3. The van der Waals surface area contributed by atoms with E-state index in [0.29, 0.717) is 6.54 Å². The minimum atomic E-state index is 0.0349. The molecule has 3 heterocycles. The first-order valence-electron chi connectivity index (χ1n) is 7.95. The summed E-state index contributed by atoms with van der Waals surface area (Å²) in [7, 11) is 0. The number of imidazole rings is 2. The molecule has 0 aliphatic heterocycles. The molecule has 0 aliphatic carbocycles. The van der Waals surface area contributed by atoms with Gasteiger partial charge in [0.05, 0.1) is 29.5 Å². The van der Waals surface area contributed by atoms with Gasteiger partial charge >= 0.3 is 0 Å². The molecule has 4 aromatic rings. The zero-order valence-corrected chi connectivity index (χ0v) is 15.0. The van der Waals surface area contributed by atoms with Crippen LogP contribution in [0.15, 0.2) is 24.4 Å². The van der Waals surface area contributed by atoms with Crippen LogP contribution in [0.3, 0.4) is 0 Å². The molecular weight excluding hydrogens is 320 g/mol. The quantitative estimate of drug-likeness (QED) is 0.594.